The first kappa shape index (κ1) is 52.9. The van der Waals surface area contributed by atoms with E-state index >= 15 is 0 Å². The monoisotopic (exact) mass is 1020 g/mol. The van der Waals surface area contributed by atoms with Crippen LogP contribution in [0.1, 0.15) is 158 Å². The highest BCUT2D eigenvalue weighted by Gasteiger charge is 2.28. The number of anilines is 3. The van der Waals surface area contributed by atoms with Crippen LogP contribution in [0, 0.1) is 0 Å². The normalized spacial score (nSPS) is 13.3. The SMILES string of the molecule is CC(C)(C)c1ccc(-c2ccc(N(c3cc(C(C)(C)C)cc(C(C)(C)C)c3)c3ccc4ccc5c(-n6c7ccc(C(C)(C)C)cc7c7cc(C(C)(C)C)ccc76)ccc6ccc3c4c65)cc2-c2ccc(C(C)(C)C)cc2)cc1. The molecule has 0 fully saturated rings. The Morgan fingerprint density at radius 1 is 0.282 bits per heavy atom. The lowest BCUT2D eigenvalue weighted by molar-refractivity contribution is 0.568. The number of rotatable bonds is 6. The molecule has 1 heterocycles. The van der Waals surface area contributed by atoms with Gasteiger partial charge in [-0.3, -0.25) is 0 Å². The Hall–Kier alpha value is -7.16. The summed E-state index contributed by atoms with van der Waals surface area (Å²) in [6.45, 7) is 41.8. The Bertz CT molecular complexity index is 3990. The van der Waals surface area contributed by atoms with Crippen molar-refractivity contribution in [1.29, 1.82) is 0 Å². The number of aromatic nitrogens is 1. The van der Waals surface area contributed by atoms with Crippen LogP contribution in [0.15, 0.2) is 170 Å². The van der Waals surface area contributed by atoms with Crippen molar-refractivity contribution in [2.24, 2.45) is 0 Å². The molecular formula is C76H82N2. The predicted molar refractivity (Wildman–Crippen MR) is 342 cm³/mol. The largest absolute Gasteiger partial charge is 0.310 e. The third-order valence-corrected chi connectivity index (χ3v) is 16.9. The molecule has 0 saturated heterocycles. The molecular weight excluding hydrogens is 941 g/mol. The third-order valence-electron chi connectivity index (χ3n) is 16.9. The standard InChI is InChI=1S/C76H82N2/c1-71(2,3)51-27-19-47(20-28-51)59-36-33-57(46-62(59)48-21-29-52(30-22-48)72(4,5)6)77(58-42-55(75(13,14)15)41-56(43-58)76(16,17)18)65-37-25-49-24-35-61-66(38-26-50-23-34-60(65)69(49)70(50)61)78-67-39-31-53(73(7,8)9)44-63(67)64-45-54(74(10,11)12)32-40-68(64)78/h19-46H,1-18H3. The van der Waals surface area contributed by atoms with E-state index in [1.54, 1.807) is 0 Å². The molecule has 1 aromatic heterocycles. The van der Waals surface area contributed by atoms with Gasteiger partial charge in [-0.05, 0) is 170 Å². The molecule has 0 N–H and O–H groups in total. The number of hydrogen-bond acceptors (Lipinski definition) is 1. The third kappa shape index (κ3) is 9.37. The second-order valence-electron chi connectivity index (χ2n) is 28.9. The number of fused-ring (bicyclic) bond motifs is 3. The highest BCUT2D eigenvalue weighted by Crippen LogP contribution is 2.49. The van der Waals surface area contributed by atoms with Gasteiger partial charge in [0, 0.05) is 32.9 Å². The van der Waals surface area contributed by atoms with Gasteiger partial charge in [0.05, 0.1) is 22.4 Å². The molecule has 2 heteroatoms. The van der Waals surface area contributed by atoms with E-state index in [0.29, 0.717) is 0 Å². The molecule has 0 radical (unpaired) electrons. The summed E-state index contributed by atoms with van der Waals surface area (Å²) in [7, 11) is 0. The molecule has 78 heavy (non-hydrogen) atoms. The van der Waals surface area contributed by atoms with Gasteiger partial charge < -0.3 is 9.47 Å². The predicted octanol–water partition coefficient (Wildman–Crippen LogP) is 22.3. The van der Waals surface area contributed by atoms with Crippen LogP contribution >= 0.6 is 0 Å². The summed E-state index contributed by atoms with van der Waals surface area (Å²) in [5.41, 5.74) is 19.9. The molecule has 0 amide bonds. The number of benzene rings is 10. The fourth-order valence-corrected chi connectivity index (χ4v) is 11.9. The summed E-state index contributed by atoms with van der Waals surface area (Å²) in [5, 5.41) is 10.2. The lowest BCUT2D eigenvalue weighted by Crippen LogP contribution is -2.19. The molecule has 0 aliphatic carbocycles. The van der Waals surface area contributed by atoms with Crippen LogP contribution in [0.25, 0.3) is 82.1 Å². The van der Waals surface area contributed by atoms with Gasteiger partial charge in [-0.25, -0.2) is 0 Å². The number of hydrogen-bond donors (Lipinski definition) is 0. The molecule has 0 aliphatic heterocycles. The van der Waals surface area contributed by atoms with Gasteiger partial charge in [0.1, 0.15) is 0 Å². The van der Waals surface area contributed by atoms with Crippen LogP contribution in [0.3, 0.4) is 0 Å². The summed E-state index contributed by atoms with van der Waals surface area (Å²) in [5.74, 6) is 0. The van der Waals surface area contributed by atoms with Crippen LogP contribution in [0.2, 0.25) is 0 Å². The highest BCUT2D eigenvalue weighted by atomic mass is 15.1. The van der Waals surface area contributed by atoms with Gasteiger partial charge in [-0.2, -0.15) is 0 Å². The minimum atomic E-state index is -0.0841. The minimum absolute atomic E-state index is 0.0187. The molecule has 0 aliphatic rings. The van der Waals surface area contributed by atoms with Crippen LogP contribution in [0.5, 0.6) is 0 Å². The van der Waals surface area contributed by atoms with Gasteiger partial charge >= 0.3 is 0 Å². The van der Waals surface area contributed by atoms with Gasteiger partial charge in [0.25, 0.3) is 0 Å². The number of nitrogens with zero attached hydrogens (tertiary/aromatic N) is 2. The molecule has 0 spiro atoms. The van der Waals surface area contributed by atoms with E-state index in [0.717, 1.165) is 17.1 Å². The maximum atomic E-state index is 2.57. The van der Waals surface area contributed by atoms with E-state index in [1.807, 2.05) is 0 Å². The molecule has 2 nitrogen and oxygen atoms in total. The zero-order valence-electron chi connectivity index (χ0n) is 50.1. The molecule has 0 saturated carbocycles. The lowest BCUT2D eigenvalue weighted by atomic mass is 9.80. The Morgan fingerprint density at radius 2 is 0.692 bits per heavy atom. The van der Waals surface area contributed by atoms with Crippen molar-refractivity contribution in [1.82, 2.24) is 4.57 Å². The smallest absolute Gasteiger partial charge is 0.0541 e. The summed E-state index contributed by atoms with van der Waals surface area (Å²) in [6.07, 6.45) is 0. The average Bonchev–Trinajstić information content (AvgIpc) is 3.91. The molecule has 11 rings (SSSR count). The van der Waals surface area contributed by atoms with Crippen LogP contribution in [0.4, 0.5) is 17.1 Å². The summed E-state index contributed by atoms with van der Waals surface area (Å²) < 4.78 is 2.54. The quantitative estimate of drug-likeness (QED) is 0.151. The zero-order chi connectivity index (χ0) is 55.8. The van der Waals surface area contributed by atoms with Crippen LogP contribution in [-0.2, 0) is 32.5 Å². The average molecular weight is 1020 g/mol. The second kappa shape index (κ2) is 18.2. The van der Waals surface area contributed by atoms with E-state index in [2.05, 4.69) is 304 Å². The summed E-state index contributed by atoms with van der Waals surface area (Å²) >= 11 is 0. The zero-order valence-corrected chi connectivity index (χ0v) is 50.1. The fraction of sp³-hybridized carbons (Fsp3) is 0.316. The van der Waals surface area contributed by atoms with Gasteiger partial charge in [-0.1, -0.05) is 234 Å². The van der Waals surface area contributed by atoms with E-state index in [4.69, 9.17) is 0 Å². The van der Waals surface area contributed by atoms with Crippen LogP contribution < -0.4 is 4.90 Å². The van der Waals surface area contributed by atoms with E-state index in [1.165, 1.54) is 115 Å². The molecule has 0 unspecified atom stereocenters. The Balaban J connectivity index is 1.19. The van der Waals surface area contributed by atoms with E-state index < -0.39 is 0 Å². The Kier molecular flexibility index (Phi) is 12.3. The molecule has 10 aromatic carbocycles. The Morgan fingerprint density at radius 3 is 1.17 bits per heavy atom. The summed E-state index contributed by atoms with van der Waals surface area (Å²) in [4.78, 5) is 2.57. The minimum Gasteiger partial charge on any atom is -0.310 e. The molecule has 0 bridgehead atoms. The van der Waals surface area contributed by atoms with E-state index in [-0.39, 0.29) is 32.5 Å². The topological polar surface area (TPSA) is 8.17 Å². The van der Waals surface area contributed by atoms with Crippen molar-refractivity contribution in [3.8, 4) is 27.9 Å². The first-order chi connectivity index (χ1) is 36.4. The van der Waals surface area contributed by atoms with Crippen molar-refractivity contribution in [2.75, 3.05) is 4.90 Å². The van der Waals surface area contributed by atoms with Crippen LogP contribution in [-0.4, -0.2) is 4.57 Å². The van der Waals surface area contributed by atoms with Crippen molar-refractivity contribution in [2.45, 2.75) is 157 Å². The summed E-state index contributed by atoms with van der Waals surface area (Å²) in [6, 6.07) is 66.5. The highest BCUT2D eigenvalue weighted by molar-refractivity contribution is 6.27. The van der Waals surface area contributed by atoms with Crippen molar-refractivity contribution < 1.29 is 0 Å². The molecule has 0 atom stereocenters. The van der Waals surface area contributed by atoms with Gasteiger partial charge in [0.15, 0.2) is 0 Å². The van der Waals surface area contributed by atoms with Crippen molar-refractivity contribution >= 4 is 71.2 Å². The van der Waals surface area contributed by atoms with Crippen molar-refractivity contribution in [3.05, 3.63) is 203 Å². The first-order valence-electron chi connectivity index (χ1n) is 28.6. The molecule has 11 aromatic rings. The fourth-order valence-electron chi connectivity index (χ4n) is 11.9. The first-order valence-corrected chi connectivity index (χ1v) is 28.6. The Labute approximate surface area is 466 Å². The van der Waals surface area contributed by atoms with Gasteiger partial charge in [-0.15, -0.1) is 0 Å². The maximum Gasteiger partial charge on any atom is 0.0541 e. The molecule has 396 valence electrons. The van der Waals surface area contributed by atoms with Crippen molar-refractivity contribution in [3.63, 3.8) is 0 Å². The maximum absolute atomic E-state index is 2.57. The van der Waals surface area contributed by atoms with E-state index in [9.17, 15) is 0 Å². The second-order valence-corrected chi connectivity index (χ2v) is 28.9. The van der Waals surface area contributed by atoms with Gasteiger partial charge in [0.2, 0.25) is 0 Å². The lowest BCUT2D eigenvalue weighted by Gasteiger charge is -2.32.